The third-order valence-electron chi connectivity index (χ3n) is 9.30. The van der Waals surface area contributed by atoms with Gasteiger partial charge in [0.05, 0.1) is 40.8 Å². The number of nitrogens with zero attached hydrogens (tertiary/aromatic N) is 7. The highest BCUT2D eigenvalue weighted by Gasteiger charge is 2.24. The molecule has 0 radical (unpaired) electrons. The van der Waals surface area contributed by atoms with E-state index in [0.29, 0.717) is 41.7 Å². The summed E-state index contributed by atoms with van der Waals surface area (Å²) in [6.45, 7) is 7.67. The average molecular weight is 707 g/mol. The number of benzene rings is 4. The van der Waals surface area contributed by atoms with E-state index in [2.05, 4.69) is 81.0 Å². The first kappa shape index (κ1) is 35.2. The quantitative estimate of drug-likeness (QED) is 0.122. The van der Waals surface area contributed by atoms with Crippen LogP contribution in [-0.4, -0.2) is 53.4 Å². The number of hydrogen-bond acceptors (Lipinski definition) is 9. The van der Waals surface area contributed by atoms with Crippen LogP contribution in [-0.2, 0) is 19.5 Å². The summed E-state index contributed by atoms with van der Waals surface area (Å²) in [5.41, 5.74) is 26.4. The third kappa shape index (κ3) is 7.16. The largest absolute Gasteiger partial charge is 0.389 e. The van der Waals surface area contributed by atoms with Gasteiger partial charge >= 0.3 is 0 Å². The zero-order chi connectivity index (χ0) is 37.3. The Bertz CT molecular complexity index is 2540. The van der Waals surface area contributed by atoms with Crippen molar-refractivity contribution in [3.63, 3.8) is 0 Å². The Morgan fingerprint density at radius 1 is 0.660 bits per heavy atom. The van der Waals surface area contributed by atoms with Crippen LogP contribution in [0.2, 0.25) is 0 Å². The fourth-order valence-corrected chi connectivity index (χ4v) is 7.00. The van der Waals surface area contributed by atoms with Gasteiger partial charge in [0.2, 0.25) is 11.9 Å². The first-order chi connectivity index (χ1) is 25.5. The molecule has 0 atom stereocenters. The summed E-state index contributed by atoms with van der Waals surface area (Å²) in [5, 5.41) is 12.4. The number of rotatable bonds is 9. The van der Waals surface area contributed by atoms with Crippen LogP contribution in [0.5, 0.6) is 0 Å². The van der Waals surface area contributed by atoms with Crippen LogP contribution in [0.4, 0.5) is 23.5 Å². The number of anilines is 4. The van der Waals surface area contributed by atoms with Crippen molar-refractivity contribution in [1.29, 1.82) is 0 Å². The molecule has 11 heteroatoms. The van der Waals surface area contributed by atoms with E-state index in [1.54, 1.807) is 13.8 Å². The van der Waals surface area contributed by atoms with E-state index in [9.17, 15) is 5.11 Å². The minimum atomic E-state index is -0.866. The van der Waals surface area contributed by atoms with Gasteiger partial charge in [-0.1, -0.05) is 104 Å². The number of para-hydroxylation sites is 2. The van der Waals surface area contributed by atoms with Crippen LogP contribution in [0.25, 0.3) is 43.9 Å². The molecule has 4 heterocycles. The molecule has 0 aliphatic heterocycles. The maximum Gasteiger partial charge on any atom is 0.206 e. The van der Waals surface area contributed by atoms with Gasteiger partial charge in [0, 0.05) is 24.4 Å². The van der Waals surface area contributed by atoms with Crippen LogP contribution in [0.15, 0.2) is 103 Å². The maximum absolute atomic E-state index is 10.4. The summed E-state index contributed by atoms with van der Waals surface area (Å²) in [6.07, 6.45) is 1.80. The molecule has 53 heavy (non-hydrogen) atoms. The van der Waals surface area contributed by atoms with Crippen LogP contribution in [0.3, 0.4) is 0 Å². The molecule has 0 bridgehead atoms. The molecule has 0 fully saturated rings. The highest BCUT2D eigenvalue weighted by atomic mass is 16.3. The molecule has 0 spiro atoms. The van der Waals surface area contributed by atoms with E-state index in [0.717, 1.165) is 69.3 Å². The molecular formula is C42H46N10O. The Hall–Kier alpha value is -6.20. The fraction of sp³-hybridized carbons (Fsp3) is 0.238. The van der Waals surface area contributed by atoms with E-state index in [1.807, 2.05) is 60.1 Å². The summed E-state index contributed by atoms with van der Waals surface area (Å²) in [6, 6.07) is 34.7. The number of aromatic nitrogens is 6. The van der Waals surface area contributed by atoms with Crippen LogP contribution >= 0.6 is 0 Å². The molecule has 4 aromatic carbocycles. The molecule has 8 aromatic rings. The first-order valence-electron chi connectivity index (χ1n) is 17.9. The zero-order valence-electron chi connectivity index (χ0n) is 30.7. The Labute approximate surface area is 308 Å². The van der Waals surface area contributed by atoms with E-state index >= 15 is 0 Å². The molecule has 4 aromatic heterocycles. The predicted molar refractivity (Wildman–Crippen MR) is 218 cm³/mol. The summed E-state index contributed by atoms with van der Waals surface area (Å²) in [7, 11) is 2.01. The van der Waals surface area contributed by atoms with Crippen molar-refractivity contribution in [2.45, 2.75) is 52.3 Å². The Morgan fingerprint density at radius 2 is 1.26 bits per heavy atom. The number of imidazole rings is 2. The van der Waals surface area contributed by atoms with Crippen LogP contribution in [0, 0.1) is 0 Å². The maximum atomic E-state index is 10.4. The second-order valence-corrected chi connectivity index (χ2v) is 14.2. The monoisotopic (exact) mass is 706 g/mol. The van der Waals surface area contributed by atoms with Gasteiger partial charge in [-0.05, 0) is 49.4 Å². The number of hydrogen-bond donors (Lipinski definition) is 4. The highest BCUT2D eigenvalue weighted by molar-refractivity contribution is 6.09. The first-order valence-corrected chi connectivity index (χ1v) is 17.9. The van der Waals surface area contributed by atoms with E-state index in [4.69, 9.17) is 27.2 Å². The zero-order valence-corrected chi connectivity index (χ0v) is 30.7. The van der Waals surface area contributed by atoms with Gasteiger partial charge in [-0.3, -0.25) is 0 Å². The lowest BCUT2D eigenvalue weighted by Crippen LogP contribution is -2.29. The smallest absolute Gasteiger partial charge is 0.206 e. The normalized spacial score (nSPS) is 11.7. The van der Waals surface area contributed by atoms with E-state index < -0.39 is 5.60 Å². The van der Waals surface area contributed by atoms with Crippen molar-refractivity contribution in [3.05, 3.63) is 120 Å². The Kier molecular flexibility index (Phi) is 9.59. The van der Waals surface area contributed by atoms with Crippen molar-refractivity contribution in [3.8, 4) is 0 Å². The van der Waals surface area contributed by atoms with Crippen molar-refractivity contribution >= 4 is 67.4 Å². The standard InChI is InChI=1S/C24H21N5.C18H25N5O/c25-23-21-22(29(24(26)28-21)15-17-10-5-2-6-11-17)19-13-7-12-18(20(19)27-23)14-16-8-3-1-4-9-16;1-5-10-22(4)17-21-14-15(23(17)11-18(2,3)24)12-8-6-7-9-13(12)20-16(14)19/h1-13H,14-15H2,(H2,25,27)(H2,26,28);6-9,24H,5,10-11H2,1-4H3,(H2,19,20). The number of aliphatic hydroxyl groups is 1. The van der Waals surface area contributed by atoms with E-state index in [1.165, 1.54) is 5.56 Å². The number of fused-ring (bicyclic) bond motifs is 6. The SMILES string of the molecule is CCCN(C)c1nc2c(N)nc3ccccc3c2n1CC(C)(C)O.Nc1nc2c(Cc3ccccc3)cccc2c2c1nc(N)n2Cc1ccccc1. The van der Waals surface area contributed by atoms with Gasteiger partial charge in [0.25, 0.3) is 0 Å². The fourth-order valence-electron chi connectivity index (χ4n) is 7.00. The van der Waals surface area contributed by atoms with Crippen molar-refractivity contribution in [2.75, 3.05) is 35.7 Å². The van der Waals surface area contributed by atoms with Gasteiger partial charge in [0.15, 0.2) is 11.6 Å². The van der Waals surface area contributed by atoms with Crippen molar-refractivity contribution < 1.29 is 5.11 Å². The lowest BCUT2D eigenvalue weighted by molar-refractivity contribution is 0.0631. The molecule has 0 aliphatic carbocycles. The summed E-state index contributed by atoms with van der Waals surface area (Å²) in [4.78, 5) is 20.6. The second kappa shape index (κ2) is 14.4. The molecule has 0 amide bonds. The number of pyridine rings is 2. The molecule has 270 valence electrons. The van der Waals surface area contributed by atoms with Crippen LogP contribution in [0.1, 0.15) is 43.9 Å². The molecule has 7 N–H and O–H groups in total. The lowest BCUT2D eigenvalue weighted by atomic mass is 10.0. The van der Waals surface area contributed by atoms with Gasteiger partial charge in [-0.2, -0.15) is 0 Å². The minimum absolute atomic E-state index is 0.409. The summed E-state index contributed by atoms with van der Waals surface area (Å²) in [5.74, 6) is 2.08. The molecule has 11 nitrogen and oxygen atoms in total. The topological polar surface area (TPSA) is 163 Å². The Balaban J connectivity index is 0.000000168. The molecular weight excluding hydrogens is 661 g/mol. The van der Waals surface area contributed by atoms with Gasteiger partial charge in [-0.15, -0.1) is 0 Å². The van der Waals surface area contributed by atoms with Crippen molar-refractivity contribution in [1.82, 2.24) is 29.1 Å². The second-order valence-electron chi connectivity index (χ2n) is 14.2. The van der Waals surface area contributed by atoms with E-state index in [-0.39, 0.29) is 0 Å². The number of nitrogens with two attached hydrogens (primary N) is 3. The number of nitrogen functional groups attached to an aromatic ring is 3. The van der Waals surface area contributed by atoms with Crippen molar-refractivity contribution in [2.24, 2.45) is 0 Å². The third-order valence-corrected chi connectivity index (χ3v) is 9.30. The molecule has 8 rings (SSSR count). The molecule has 0 saturated carbocycles. The van der Waals surface area contributed by atoms with Crippen LogP contribution < -0.4 is 22.1 Å². The molecule has 0 aliphatic rings. The summed E-state index contributed by atoms with van der Waals surface area (Å²) < 4.78 is 4.09. The predicted octanol–water partition coefficient (Wildman–Crippen LogP) is 7.17. The highest BCUT2D eigenvalue weighted by Crippen LogP contribution is 2.34. The van der Waals surface area contributed by atoms with Gasteiger partial charge in [0.1, 0.15) is 11.0 Å². The van der Waals surface area contributed by atoms with Gasteiger partial charge < -0.3 is 36.3 Å². The summed E-state index contributed by atoms with van der Waals surface area (Å²) >= 11 is 0. The average Bonchev–Trinajstić information content (AvgIpc) is 3.68. The minimum Gasteiger partial charge on any atom is -0.389 e. The molecule has 0 saturated heterocycles. The van der Waals surface area contributed by atoms with Gasteiger partial charge in [-0.25, -0.2) is 19.9 Å². The lowest BCUT2D eigenvalue weighted by Gasteiger charge is -2.24. The molecule has 0 unspecified atom stereocenters. The Morgan fingerprint density at radius 3 is 1.96 bits per heavy atom.